The van der Waals surface area contributed by atoms with Crippen molar-refractivity contribution in [3.05, 3.63) is 54.3 Å². The summed E-state index contributed by atoms with van der Waals surface area (Å²) < 4.78 is 14.5. The van der Waals surface area contributed by atoms with Gasteiger partial charge in [-0.25, -0.2) is 9.37 Å². The Labute approximate surface area is 133 Å². The molecule has 0 saturated heterocycles. The van der Waals surface area contributed by atoms with Gasteiger partial charge in [0.25, 0.3) is 0 Å². The summed E-state index contributed by atoms with van der Waals surface area (Å²) in [5.41, 5.74) is 1.39. The van der Waals surface area contributed by atoms with Crippen molar-refractivity contribution < 1.29 is 4.39 Å². The third kappa shape index (κ3) is 2.44. The SMILES string of the molecule is Fc1cccc2sc(Nc3nnc(-c4ccccc4)s3)nc12. The maximum absolute atomic E-state index is 13.7. The molecule has 2 aromatic heterocycles. The van der Waals surface area contributed by atoms with Crippen molar-refractivity contribution in [2.45, 2.75) is 0 Å². The van der Waals surface area contributed by atoms with E-state index in [0.29, 0.717) is 15.8 Å². The number of hydrogen-bond acceptors (Lipinski definition) is 6. The van der Waals surface area contributed by atoms with Gasteiger partial charge in [0.05, 0.1) is 4.70 Å². The lowest BCUT2D eigenvalue weighted by molar-refractivity contribution is 0.637. The molecule has 108 valence electrons. The Morgan fingerprint density at radius 3 is 2.55 bits per heavy atom. The molecule has 0 bridgehead atoms. The van der Waals surface area contributed by atoms with Gasteiger partial charge in [-0.2, -0.15) is 0 Å². The molecule has 0 aliphatic carbocycles. The number of fused-ring (bicyclic) bond motifs is 1. The van der Waals surface area contributed by atoms with Crippen molar-refractivity contribution in [3.63, 3.8) is 0 Å². The highest BCUT2D eigenvalue weighted by Crippen LogP contribution is 2.32. The summed E-state index contributed by atoms with van der Waals surface area (Å²) >= 11 is 2.82. The number of nitrogens with zero attached hydrogens (tertiary/aromatic N) is 3. The molecule has 0 fully saturated rings. The van der Waals surface area contributed by atoms with Gasteiger partial charge in [0.15, 0.2) is 5.13 Å². The summed E-state index contributed by atoms with van der Waals surface area (Å²) in [5.74, 6) is -0.316. The number of rotatable bonds is 3. The van der Waals surface area contributed by atoms with E-state index >= 15 is 0 Å². The van der Waals surface area contributed by atoms with E-state index < -0.39 is 0 Å². The molecule has 0 saturated carbocycles. The average Bonchev–Trinajstić information content (AvgIpc) is 3.16. The molecule has 0 aliphatic heterocycles. The second-order valence-corrected chi connectivity index (χ2v) is 6.52. The van der Waals surface area contributed by atoms with Gasteiger partial charge in [-0.3, -0.25) is 0 Å². The van der Waals surface area contributed by atoms with Crippen LogP contribution in [-0.2, 0) is 0 Å². The molecule has 4 aromatic rings. The van der Waals surface area contributed by atoms with Crippen LogP contribution in [-0.4, -0.2) is 15.2 Å². The predicted molar refractivity (Wildman–Crippen MR) is 88.2 cm³/mol. The van der Waals surface area contributed by atoms with E-state index in [0.717, 1.165) is 15.3 Å². The molecular formula is C15H9FN4S2. The van der Waals surface area contributed by atoms with Crippen LogP contribution in [0.25, 0.3) is 20.8 Å². The third-order valence-corrected chi connectivity index (χ3v) is 4.85. The molecule has 7 heteroatoms. The van der Waals surface area contributed by atoms with E-state index in [1.54, 1.807) is 6.07 Å². The number of anilines is 2. The largest absolute Gasteiger partial charge is 0.306 e. The first-order valence-corrected chi connectivity index (χ1v) is 8.14. The Morgan fingerprint density at radius 1 is 0.864 bits per heavy atom. The summed E-state index contributed by atoms with van der Waals surface area (Å²) in [6.07, 6.45) is 0. The van der Waals surface area contributed by atoms with Crippen LogP contribution >= 0.6 is 22.7 Å². The van der Waals surface area contributed by atoms with Crippen LogP contribution in [0.5, 0.6) is 0 Å². The van der Waals surface area contributed by atoms with E-state index in [9.17, 15) is 4.39 Å². The monoisotopic (exact) mass is 328 g/mol. The van der Waals surface area contributed by atoms with Crippen LogP contribution in [0.3, 0.4) is 0 Å². The maximum atomic E-state index is 13.7. The molecule has 4 rings (SSSR count). The maximum Gasteiger partial charge on any atom is 0.212 e. The molecule has 2 aromatic carbocycles. The van der Waals surface area contributed by atoms with Gasteiger partial charge in [-0.15, -0.1) is 10.2 Å². The Morgan fingerprint density at radius 2 is 1.73 bits per heavy atom. The lowest BCUT2D eigenvalue weighted by Gasteiger charge is -1.94. The van der Waals surface area contributed by atoms with Crippen LogP contribution in [0.2, 0.25) is 0 Å². The standard InChI is InChI=1S/C15H9FN4S2/c16-10-7-4-8-11-12(10)17-14(21-11)18-15-20-19-13(22-15)9-5-2-1-3-6-9/h1-8H,(H,17,18,20). The van der Waals surface area contributed by atoms with Crippen LogP contribution in [0, 0.1) is 5.82 Å². The van der Waals surface area contributed by atoms with Crippen molar-refractivity contribution >= 4 is 43.2 Å². The third-order valence-electron chi connectivity index (χ3n) is 3.03. The Balaban J connectivity index is 1.63. The zero-order valence-electron chi connectivity index (χ0n) is 11.2. The molecular weight excluding hydrogens is 319 g/mol. The fourth-order valence-corrected chi connectivity index (χ4v) is 3.72. The molecule has 2 heterocycles. The fourth-order valence-electron chi connectivity index (χ4n) is 2.03. The molecule has 0 aliphatic rings. The molecule has 0 atom stereocenters. The Hall–Kier alpha value is -2.38. The number of thiazole rings is 1. The molecule has 4 nitrogen and oxygen atoms in total. The quantitative estimate of drug-likeness (QED) is 0.592. The first kappa shape index (κ1) is 13.3. The highest BCUT2D eigenvalue weighted by Gasteiger charge is 2.11. The Kier molecular flexibility index (Phi) is 3.28. The van der Waals surface area contributed by atoms with Crippen molar-refractivity contribution in [1.29, 1.82) is 0 Å². The first-order valence-electron chi connectivity index (χ1n) is 6.50. The van der Waals surface area contributed by atoms with Gasteiger partial charge in [0.1, 0.15) is 16.3 Å². The normalized spacial score (nSPS) is 11.0. The van der Waals surface area contributed by atoms with Crippen molar-refractivity contribution in [2.24, 2.45) is 0 Å². The summed E-state index contributed by atoms with van der Waals surface area (Å²) in [4.78, 5) is 4.26. The Bertz CT molecular complexity index is 933. The number of benzene rings is 2. The van der Waals surface area contributed by atoms with E-state index in [1.807, 2.05) is 36.4 Å². The molecule has 0 unspecified atom stereocenters. The summed E-state index contributed by atoms with van der Waals surface area (Å²) in [5, 5.41) is 13.4. The second-order valence-electron chi connectivity index (χ2n) is 4.51. The number of nitrogens with one attached hydrogen (secondary N) is 1. The van der Waals surface area contributed by atoms with Crippen molar-refractivity contribution in [2.75, 3.05) is 5.32 Å². The summed E-state index contributed by atoms with van der Waals surface area (Å²) in [6.45, 7) is 0. The van der Waals surface area contributed by atoms with Crippen LogP contribution in [0.15, 0.2) is 48.5 Å². The number of halogens is 1. The van der Waals surface area contributed by atoms with Crippen LogP contribution < -0.4 is 5.32 Å². The molecule has 22 heavy (non-hydrogen) atoms. The summed E-state index contributed by atoms with van der Waals surface area (Å²) in [6, 6.07) is 14.8. The highest BCUT2D eigenvalue weighted by atomic mass is 32.1. The van der Waals surface area contributed by atoms with Crippen LogP contribution in [0.1, 0.15) is 0 Å². The van der Waals surface area contributed by atoms with Gasteiger partial charge in [-0.05, 0) is 12.1 Å². The zero-order chi connectivity index (χ0) is 14.9. The minimum atomic E-state index is -0.316. The summed E-state index contributed by atoms with van der Waals surface area (Å²) in [7, 11) is 0. The van der Waals surface area contributed by atoms with Gasteiger partial charge >= 0.3 is 0 Å². The molecule has 1 N–H and O–H groups in total. The number of aromatic nitrogens is 3. The first-order chi connectivity index (χ1) is 10.8. The average molecular weight is 328 g/mol. The lowest BCUT2D eigenvalue weighted by atomic mass is 10.2. The smallest absolute Gasteiger partial charge is 0.212 e. The van der Waals surface area contributed by atoms with Gasteiger partial charge in [0.2, 0.25) is 5.13 Å². The van der Waals surface area contributed by atoms with Gasteiger partial charge < -0.3 is 5.32 Å². The number of para-hydroxylation sites is 1. The predicted octanol–water partition coefficient (Wildman–Crippen LogP) is 4.70. The molecule has 0 spiro atoms. The minimum absolute atomic E-state index is 0.316. The topological polar surface area (TPSA) is 50.7 Å². The van der Waals surface area contributed by atoms with Crippen molar-refractivity contribution in [1.82, 2.24) is 15.2 Å². The fraction of sp³-hybridized carbons (Fsp3) is 0. The minimum Gasteiger partial charge on any atom is -0.306 e. The second kappa shape index (κ2) is 5.43. The molecule has 0 radical (unpaired) electrons. The zero-order valence-corrected chi connectivity index (χ0v) is 12.8. The van der Waals surface area contributed by atoms with Gasteiger partial charge in [-0.1, -0.05) is 59.1 Å². The molecule has 0 amide bonds. The van der Waals surface area contributed by atoms with E-state index in [4.69, 9.17) is 0 Å². The van der Waals surface area contributed by atoms with Crippen LogP contribution in [0.4, 0.5) is 14.7 Å². The lowest BCUT2D eigenvalue weighted by Crippen LogP contribution is -1.88. The van der Waals surface area contributed by atoms with E-state index in [2.05, 4.69) is 20.5 Å². The number of hydrogen-bond donors (Lipinski definition) is 1. The van der Waals surface area contributed by atoms with E-state index in [-0.39, 0.29) is 5.82 Å². The van der Waals surface area contributed by atoms with Gasteiger partial charge in [0, 0.05) is 5.56 Å². The van der Waals surface area contributed by atoms with E-state index in [1.165, 1.54) is 28.7 Å². The van der Waals surface area contributed by atoms with Crippen molar-refractivity contribution in [3.8, 4) is 10.6 Å². The highest BCUT2D eigenvalue weighted by molar-refractivity contribution is 7.23.